The number of nitrogens with zero attached hydrogens (tertiary/aromatic N) is 3. The molecule has 0 aliphatic heterocycles. The van der Waals surface area contributed by atoms with Crippen LogP contribution in [0.25, 0.3) is 55.1 Å². The number of fused-ring (bicyclic) bond motifs is 6. The number of pyridine rings is 1. The van der Waals surface area contributed by atoms with Gasteiger partial charge in [-0.1, -0.05) is 152 Å². The van der Waals surface area contributed by atoms with Gasteiger partial charge in [0.25, 0.3) is 0 Å². The molecule has 0 aliphatic rings. The second-order valence-corrected chi connectivity index (χ2v) is 16.9. The standard InChI is InChI=1S/C47H33N3Si/c1-4-17-35(18-5-1)51(36-19-6-2-7-20-36,37-21-8-3-9-22-37)47-30-16-29-46(48-47)50-44-28-15-12-25-40(44)41-33-34(31-32-45(41)50)49-42-26-13-10-23-38(42)39-24-11-14-27-43(39)49/h1-33H. The Kier molecular flexibility index (Phi) is 6.83. The van der Waals surface area contributed by atoms with E-state index < -0.39 is 8.07 Å². The molecule has 3 aromatic heterocycles. The zero-order valence-electron chi connectivity index (χ0n) is 27.9. The molecular formula is C47H33N3Si. The zero-order chi connectivity index (χ0) is 33.8. The quantitative estimate of drug-likeness (QED) is 0.129. The van der Waals surface area contributed by atoms with Gasteiger partial charge in [-0.05, 0) is 64.1 Å². The number of aromatic nitrogens is 3. The first kappa shape index (κ1) is 29.4. The first-order valence-corrected chi connectivity index (χ1v) is 19.5. The normalized spacial score (nSPS) is 11.9. The van der Waals surface area contributed by atoms with Crippen LogP contribution in [0.1, 0.15) is 0 Å². The lowest BCUT2D eigenvalue weighted by molar-refractivity contribution is 1.09. The molecule has 0 spiro atoms. The van der Waals surface area contributed by atoms with Crippen LogP contribution >= 0.6 is 0 Å². The lowest BCUT2D eigenvalue weighted by atomic mass is 10.1. The molecule has 0 amide bonds. The Morgan fingerprint density at radius 1 is 0.333 bits per heavy atom. The topological polar surface area (TPSA) is 22.8 Å². The fourth-order valence-electron chi connectivity index (χ4n) is 8.31. The van der Waals surface area contributed by atoms with E-state index in [-0.39, 0.29) is 0 Å². The van der Waals surface area contributed by atoms with E-state index in [1.54, 1.807) is 0 Å². The number of rotatable bonds is 6. The van der Waals surface area contributed by atoms with Gasteiger partial charge in [-0.15, -0.1) is 0 Å². The Morgan fingerprint density at radius 2 is 0.765 bits per heavy atom. The van der Waals surface area contributed by atoms with E-state index in [2.05, 4.69) is 209 Å². The van der Waals surface area contributed by atoms with Crippen molar-refractivity contribution in [3.8, 4) is 11.5 Å². The Bertz CT molecular complexity index is 2700. The molecule has 0 bridgehead atoms. The number of hydrogen-bond acceptors (Lipinski definition) is 1. The van der Waals surface area contributed by atoms with Crippen LogP contribution in [0.15, 0.2) is 200 Å². The van der Waals surface area contributed by atoms with Crippen LogP contribution in [0, 0.1) is 0 Å². The van der Waals surface area contributed by atoms with Crippen LogP contribution in [-0.2, 0) is 0 Å². The van der Waals surface area contributed by atoms with Crippen LogP contribution in [-0.4, -0.2) is 22.2 Å². The lowest BCUT2D eigenvalue weighted by Gasteiger charge is -2.33. The van der Waals surface area contributed by atoms with Crippen LogP contribution in [0.4, 0.5) is 0 Å². The third kappa shape index (κ3) is 4.47. The van der Waals surface area contributed by atoms with Crippen molar-refractivity contribution in [3.63, 3.8) is 0 Å². The summed E-state index contributed by atoms with van der Waals surface area (Å²) in [6.07, 6.45) is 0. The second kappa shape index (κ2) is 11.8. The van der Waals surface area contributed by atoms with Gasteiger partial charge in [0.15, 0.2) is 0 Å². The SMILES string of the molecule is c1ccc([Si](c2ccccc2)(c2ccccc2)c2cccc(-n3c4ccccc4c4cc(-n5c6ccccc6c6ccccc65)ccc43)n2)cc1. The Balaban J connectivity index is 1.23. The molecule has 10 rings (SSSR count). The average molecular weight is 668 g/mol. The van der Waals surface area contributed by atoms with Crippen LogP contribution in [0.5, 0.6) is 0 Å². The first-order chi connectivity index (χ1) is 25.3. The zero-order valence-corrected chi connectivity index (χ0v) is 28.9. The molecule has 0 saturated heterocycles. The van der Waals surface area contributed by atoms with Gasteiger partial charge in [0.1, 0.15) is 5.82 Å². The highest BCUT2D eigenvalue weighted by Gasteiger charge is 2.43. The maximum atomic E-state index is 5.69. The number of para-hydroxylation sites is 3. The van der Waals surface area contributed by atoms with Crippen molar-refractivity contribution < 1.29 is 0 Å². The monoisotopic (exact) mass is 667 g/mol. The molecule has 4 heteroatoms. The van der Waals surface area contributed by atoms with E-state index >= 15 is 0 Å². The minimum absolute atomic E-state index is 0.919. The first-order valence-electron chi connectivity index (χ1n) is 17.5. The summed E-state index contributed by atoms with van der Waals surface area (Å²) in [5.74, 6) is 0.919. The van der Waals surface area contributed by atoms with Crippen molar-refractivity contribution in [2.24, 2.45) is 0 Å². The van der Waals surface area contributed by atoms with Gasteiger partial charge < -0.3 is 4.57 Å². The van der Waals surface area contributed by atoms with Crippen LogP contribution in [0.3, 0.4) is 0 Å². The summed E-state index contributed by atoms with van der Waals surface area (Å²) in [6.45, 7) is 0. The van der Waals surface area contributed by atoms with E-state index in [0.717, 1.165) is 27.9 Å². The van der Waals surface area contributed by atoms with E-state index in [0.29, 0.717) is 0 Å². The van der Waals surface area contributed by atoms with Crippen molar-refractivity contribution in [1.82, 2.24) is 14.1 Å². The summed E-state index contributed by atoms with van der Waals surface area (Å²) in [7, 11) is -2.80. The second-order valence-electron chi connectivity index (χ2n) is 13.2. The molecule has 0 aliphatic carbocycles. The maximum absolute atomic E-state index is 5.69. The molecule has 0 N–H and O–H groups in total. The molecule has 7 aromatic carbocycles. The van der Waals surface area contributed by atoms with Gasteiger partial charge in [-0.2, -0.15) is 0 Å². The Labute approximate surface area is 297 Å². The summed E-state index contributed by atoms with van der Waals surface area (Å²) in [5.41, 5.74) is 5.84. The predicted molar refractivity (Wildman–Crippen MR) is 217 cm³/mol. The fraction of sp³-hybridized carbons (Fsp3) is 0. The summed E-state index contributed by atoms with van der Waals surface area (Å²) >= 11 is 0. The Morgan fingerprint density at radius 3 is 1.29 bits per heavy atom. The van der Waals surface area contributed by atoms with E-state index in [1.807, 2.05) is 0 Å². The molecule has 0 unspecified atom stereocenters. The molecular weight excluding hydrogens is 635 g/mol. The highest BCUT2D eigenvalue weighted by Crippen LogP contribution is 2.36. The van der Waals surface area contributed by atoms with Crippen LogP contribution in [0.2, 0.25) is 0 Å². The van der Waals surface area contributed by atoms with Gasteiger partial charge >= 0.3 is 0 Å². The number of benzene rings is 7. The van der Waals surface area contributed by atoms with Gasteiger partial charge in [0.05, 0.1) is 22.1 Å². The maximum Gasteiger partial charge on any atom is 0.201 e. The molecule has 10 aromatic rings. The minimum atomic E-state index is -2.80. The van der Waals surface area contributed by atoms with E-state index in [4.69, 9.17) is 4.98 Å². The van der Waals surface area contributed by atoms with Crippen molar-refractivity contribution >= 4 is 72.6 Å². The molecule has 0 saturated carbocycles. The third-order valence-corrected chi connectivity index (χ3v) is 15.1. The molecule has 51 heavy (non-hydrogen) atoms. The largest absolute Gasteiger partial charge is 0.309 e. The van der Waals surface area contributed by atoms with Crippen molar-refractivity contribution in [2.75, 3.05) is 0 Å². The molecule has 0 atom stereocenters. The van der Waals surface area contributed by atoms with Gasteiger partial charge in [-0.25, -0.2) is 4.98 Å². The predicted octanol–water partition coefficient (Wildman–Crippen LogP) is 8.65. The molecule has 0 fully saturated rings. The highest BCUT2D eigenvalue weighted by molar-refractivity contribution is 7.19. The molecule has 240 valence electrons. The summed E-state index contributed by atoms with van der Waals surface area (Å²) < 4.78 is 4.75. The van der Waals surface area contributed by atoms with Gasteiger partial charge in [0, 0.05) is 32.5 Å². The van der Waals surface area contributed by atoms with Crippen molar-refractivity contribution in [3.05, 3.63) is 200 Å². The van der Waals surface area contributed by atoms with E-state index in [1.165, 1.54) is 48.1 Å². The van der Waals surface area contributed by atoms with Gasteiger partial charge in [-0.3, -0.25) is 4.57 Å². The Hall–Kier alpha value is -6.49. The molecule has 3 nitrogen and oxygen atoms in total. The van der Waals surface area contributed by atoms with Crippen LogP contribution < -0.4 is 20.9 Å². The number of hydrogen-bond donors (Lipinski definition) is 0. The average Bonchev–Trinajstić information content (AvgIpc) is 3.72. The minimum Gasteiger partial charge on any atom is -0.309 e. The summed E-state index contributed by atoms with van der Waals surface area (Å²) in [6, 6.07) is 72.7. The highest BCUT2D eigenvalue weighted by atomic mass is 28.3. The van der Waals surface area contributed by atoms with E-state index in [9.17, 15) is 0 Å². The smallest absolute Gasteiger partial charge is 0.201 e. The summed E-state index contributed by atoms with van der Waals surface area (Å²) in [4.78, 5) is 5.69. The molecule has 0 radical (unpaired) electrons. The van der Waals surface area contributed by atoms with Crippen molar-refractivity contribution in [2.45, 2.75) is 0 Å². The lowest BCUT2D eigenvalue weighted by Crippen LogP contribution is -2.75. The third-order valence-electron chi connectivity index (χ3n) is 10.5. The summed E-state index contributed by atoms with van der Waals surface area (Å²) in [5, 5.41) is 9.98. The fourth-order valence-corrected chi connectivity index (χ4v) is 12.9. The van der Waals surface area contributed by atoms with Crippen molar-refractivity contribution in [1.29, 1.82) is 0 Å². The molecule has 3 heterocycles. The van der Waals surface area contributed by atoms with Gasteiger partial charge in [0.2, 0.25) is 8.07 Å².